The van der Waals surface area contributed by atoms with Gasteiger partial charge in [-0.1, -0.05) is 0 Å². The molecule has 4 rings (SSSR count). The number of aromatic carboxylic acids is 1. The van der Waals surface area contributed by atoms with Crippen LogP contribution >= 0.6 is 15.9 Å². The van der Waals surface area contributed by atoms with Gasteiger partial charge in [0.2, 0.25) is 5.43 Å². The summed E-state index contributed by atoms with van der Waals surface area (Å²) >= 11 is 3.29. The Balaban J connectivity index is 2.13. The molecule has 4 aromatic rings. The lowest BCUT2D eigenvalue weighted by molar-refractivity contribution is 0.0695. The largest absolute Gasteiger partial charge is 0.508 e. The number of carboxylic acids is 1. The number of rotatable bonds is 3. The third kappa shape index (κ3) is 3.14. The van der Waals surface area contributed by atoms with E-state index in [9.17, 15) is 28.6 Å². The van der Waals surface area contributed by atoms with E-state index in [-0.39, 0.29) is 28.0 Å². The van der Waals surface area contributed by atoms with Gasteiger partial charge in [0.1, 0.15) is 22.8 Å². The number of halogens is 3. The summed E-state index contributed by atoms with van der Waals surface area (Å²) in [6, 6.07) is 5.46. The van der Waals surface area contributed by atoms with Crippen molar-refractivity contribution in [3.8, 4) is 17.1 Å². The van der Waals surface area contributed by atoms with Crippen LogP contribution in [-0.2, 0) is 0 Å². The normalized spacial score (nSPS) is 11.2. The molecule has 0 aliphatic carbocycles. The van der Waals surface area contributed by atoms with Crippen molar-refractivity contribution in [2.45, 2.75) is 6.92 Å². The Kier molecular flexibility index (Phi) is 4.65. The maximum absolute atomic E-state index is 14.8. The minimum absolute atomic E-state index is 0.0216. The predicted molar refractivity (Wildman–Crippen MR) is 108 cm³/mol. The van der Waals surface area contributed by atoms with E-state index in [1.54, 1.807) is 6.92 Å². The second-order valence-electron chi connectivity index (χ2n) is 6.51. The Hall–Kier alpha value is -3.53. The van der Waals surface area contributed by atoms with Crippen LogP contribution in [0.25, 0.3) is 22.3 Å². The van der Waals surface area contributed by atoms with Crippen molar-refractivity contribution in [2.24, 2.45) is 0 Å². The van der Waals surface area contributed by atoms with E-state index in [4.69, 9.17) is 0 Å². The molecular formula is C20H12BrF2N3O4. The number of phenolic OH excluding ortho intramolecular Hbond substituents is 1. The van der Waals surface area contributed by atoms with E-state index in [2.05, 4.69) is 21.0 Å². The van der Waals surface area contributed by atoms with Crippen molar-refractivity contribution in [3.63, 3.8) is 0 Å². The first-order valence-electron chi connectivity index (χ1n) is 8.50. The molecule has 0 saturated heterocycles. The molecule has 0 saturated carbocycles. The number of phenols is 1. The Bertz CT molecular complexity index is 1390. The number of pyridine rings is 1. The van der Waals surface area contributed by atoms with Gasteiger partial charge in [-0.15, -0.1) is 0 Å². The van der Waals surface area contributed by atoms with Crippen LogP contribution in [-0.4, -0.2) is 30.5 Å². The third-order valence-corrected chi connectivity index (χ3v) is 5.36. The van der Waals surface area contributed by atoms with Gasteiger partial charge in [-0.25, -0.2) is 18.3 Å². The van der Waals surface area contributed by atoms with Crippen LogP contribution in [0.5, 0.6) is 5.75 Å². The fourth-order valence-electron chi connectivity index (χ4n) is 3.12. The second-order valence-corrected chi connectivity index (χ2v) is 7.36. The molecule has 2 N–H and O–H groups in total. The first kappa shape index (κ1) is 19.8. The number of fused-ring (bicyclic) bond motifs is 1. The quantitative estimate of drug-likeness (QED) is 0.467. The fourth-order valence-corrected chi connectivity index (χ4v) is 3.39. The van der Waals surface area contributed by atoms with Crippen molar-refractivity contribution in [2.75, 3.05) is 0 Å². The van der Waals surface area contributed by atoms with E-state index < -0.39 is 28.6 Å². The minimum atomic E-state index is -1.54. The van der Waals surface area contributed by atoms with Crippen LogP contribution < -0.4 is 5.43 Å². The van der Waals surface area contributed by atoms with Crippen molar-refractivity contribution < 1.29 is 23.8 Å². The van der Waals surface area contributed by atoms with Gasteiger partial charge in [0, 0.05) is 23.8 Å². The van der Waals surface area contributed by atoms with Crippen molar-refractivity contribution in [1.29, 1.82) is 0 Å². The van der Waals surface area contributed by atoms with Crippen LogP contribution in [0, 0.1) is 18.6 Å². The highest BCUT2D eigenvalue weighted by molar-refractivity contribution is 9.10. The van der Waals surface area contributed by atoms with E-state index in [1.165, 1.54) is 29.1 Å². The Labute approximate surface area is 175 Å². The van der Waals surface area contributed by atoms with E-state index in [1.807, 2.05) is 0 Å². The Morgan fingerprint density at radius 2 is 1.80 bits per heavy atom. The molecule has 0 aliphatic rings. The summed E-state index contributed by atoms with van der Waals surface area (Å²) in [7, 11) is 0. The maximum atomic E-state index is 14.8. The SMILES string of the molecule is Cc1nn(-c2cc3c(cc2F)c(=O)c(C(=O)O)cn3-c2ccc(O)cc2F)cc1Br. The van der Waals surface area contributed by atoms with Crippen LogP contribution in [0.1, 0.15) is 16.1 Å². The molecule has 0 unspecified atom stereocenters. The van der Waals surface area contributed by atoms with Gasteiger partial charge in [-0.05, 0) is 47.1 Å². The van der Waals surface area contributed by atoms with Crippen LogP contribution in [0.3, 0.4) is 0 Å². The van der Waals surface area contributed by atoms with Gasteiger partial charge in [0.25, 0.3) is 0 Å². The number of carboxylic acid groups (broad SMARTS) is 1. The molecule has 0 fully saturated rings. The zero-order chi connectivity index (χ0) is 21.7. The molecular weight excluding hydrogens is 464 g/mol. The maximum Gasteiger partial charge on any atom is 0.341 e. The Morgan fingerprint density at radius 1 is 1.10 bits per heavy atom. The lowest BCUT2D eigenvalue weighted by atomic mass is 10.1. The van der Waals surface area contributed by atoms with E-state index >= 15 is 0 Å². The minimum Gasteiger partial charge on any atom is -0.508 e. The monoisotopic (exact) mass is 475 g/mol. The van der Waals surface area contributed by atoms with Gasteiger partial charge < -0.3 is 14.8 Å². The van der Waals surface area contributed by atoms with E-state index in [0.717, 1.165) is 22.9 Å². The molecule has 0 radical (unpaired) electrons. The number of hydrogen-bond acceptors (Lipinski definition) is 4. The Morgan fingerprint density at radius 3 is 2.40 bits per heavy atom. The molecule has 0 atom stereocenters. The van der Waals surface area contributed by atoms with Gasteiger partial charge in [0.15, 0.2) is 5.82 Å². The standard InChI is InChI=1S/C20H12BrF2N3O4/c1-9-13(21)8-26(24-9)18-6-17-11(5-15(18)23)19(28)12(20(29)30)7-25(17)16-3-2-10(27)4-14(16)22/h2-8,27H,1H3,(H,29,30). The molecule has 7 nitrogen and oxygen atoms in total. The number of benzene rings is 2. The average Bonchev–Trinajstić information content (AvgIpc) is 3.01. The smallest absolute Gasteiger partial charge is 0.341 e. The van der Waals surface area contributed by atoms with Crippen LogP contribution in [0.2, 0.25) is 0 Å². The first-order valence-corrected chi connectivity index (χ1v) is 9.30. The number of nitrogens with zero attached hydrogens (tertiary/aromatic N) is 3. The summed E-state index contributed by atoms with van der Waals surface area (Å²) in [4.78, 5) is 24.2. The lowest BCUT2D eigenvalue weighted by Gasteiger charge is -2.15. The first-order chi connectivity index (χ1) is 14.2. The average molecular weight is 476 g/mol. The summed E-state index contributed by atoms with van der Waals surface area (Å²) in [5.41, 5.74) is -1.05. The van der Waals surface area contributed by atoms with E-state index in [0.29, 0.717) is 10.2 Å². The summed E-state index contributed by atoms with van der Waals surface area (Å²) in [5.74, 6) is -3.54. The van der Waals surface area contributed by atoms with Crippen molar-refractivity contribution >= 4 is 32.8 Å². The van der Waals surface area contributed by atoms with Crippen molar-refractivity contribution in [3.05, 3.63) is 80.3 Å². The van der Waals surface area contributed by atoms with Gasteiger partial charge in [-0.3, -0.25) is 4.79 Å². The summed E-state index contributed by atoms with van der Waals surface area (Å²) < 4.78 is 32.4. The number of aromatic nitrogens is 3. The van der Waals surface area contributed by atoms with Gasteiger partial charge >= 0.3 is 5.97 Å². The number of carbonyl (C=O) groups is 1. The van der Waals surface area contributed by atoms with Gasteiger partial charge in [0.05, 0.1) is 21.4 Å². The molecule has 2 aromatic carbocycles. The summed E-state index contributed by atoms with van der Waals surface area (Å²) in [5, 5.41) is 22.8. The second kappa shape index (κ2) is 7.06. The van der Waals surface area contributed by atoms with Crippen molar-refractivity contribution in [1.82, 2.24) is 14.3 Å². The van der Waals surface area contributed by atoms with Crippen LogP contribution in [0.4, 0.5) is 8.78 Å². The molecule has 0 spiro atoms. The molecule has 30 heavy (non-hydrogen) atoms. The molecule has 0 amide bonds. The summed E-state index contributed by atoms with van der Waals surface area (Å²) in [6.07, 6.45) is 2.49. The fraction of sp³-hybridized carbons (Fsp3) is 0.0500. The molecule has 152 valence electrons. The number of aryl methyl sites for hydroxylation is 1. The molecule has 2 aromatic heterocycles. The highest BCUT2D eigenvalue weighted by atomic mass is 79.9. The zero-order valence-electron chi connectivity index (χ0n) is 15.2. The topological polar surface area (TPSA) is 97.4 Å². The highest BCUT2D eigenvalue weighted by Crippen LogP contribution is 2.27. The van der Waals surface area contributed by atoms with Gasteiger partial charge in [-0.2, -0.15) is 5.10 Å². The summed E-state index contributed by atoms with van der Waals surface area (Å²) in [6.45, 7) is 1.71. The lowest BCUT2D eigenvalue weighted by Crippen LogP contribution is -2.19. The zero-order valence-corrected chi connectivity index (χ0v) is 16.8. The third-order valence-electron chi connectivity index (χ3n) is 4.58. The molecule has 0 aliphatic heterocycles. The number of aromatic hydroxyl groups is 1. The molecule has 0 bridgehead atoms. The number of hydrogen-bond donors (Lipinski definition) is 2. The molecule has 2 heterocycles. The highest BCUT2D eigenvalue weighted by Gasteiger charge is 2.20. The predicted octanol–water partition coefficient (Wildman–Crippen LogP) is 3.93. The van der Waals surface area contributed by atoms with Crippen LogP contribution in [0.15, 0.2) is 52.0 Å². The molecule has 10 heteroatoms.